The van der Waals surface area contributed by atoms with Crippen LogP contribution in [-0.4, -0.2) is 29.4 Å². The molecule has 0 saturated carbocycles. The van der Waals surface area contributed by atoms with E-state index in [4.69, 9.17) is 4.18 Å². The standard InChI is InChI=1S/C17H14N2O6S2/c1-25-26(21)13-9-11-7-8-14(20)17(16(11)15(10-13)27(22,23)24)19-18-12-5-3-2-4-6-12/h2-10,20H,1H3,(H,22,23,24). The highest BCUT2D eigenvalue weighted by Crippen LogP contribution is 2.40. The molecule has 3 aromatic carbocycles. The van der Waals surface area contributed by atoms with Gasteiger partial charge in [0.05, 0.1) is 17.7 Å². The fraction of sp³-hybridized carbons (Fsp3) is 0.0588. The SMILES string of the molecule is COS(=O)c1cc(S(=O)(=O)O)c2c(N=Nc3ccccc3)c(O)ccc2c1. The Balaban J connectivity index is 2.32. The van der Waals surface area contributed by atoms with Crippen LogP contribution in [0.4, 0.5) is 11.4 Å². The fourth-order valence-electron chi connectivity index (χ4n) is 2.47. The number of aromatic hydroxyl groups is 1. The third kappa shape index (κ3) is 4.03. The third-order valence-corrected chi connectivity index (χ3v) is 5.45. The molecule has 0 fully saturated rings. The number of fused-ring (bicyclic) bond motifs is 1. The molecule has 0 radical (unpaired) electrons. The Morgan fingerprint density at radius 3 is 2.37 bits per heavy atom. The highest BCUT2D eigenvalue weighted by atomic mass is 32.2. The molecule has 0 bridgehead atoms. The summed E-state index contributed by atoms with van der Waals surface area (Å²) in [5, 5.41) is 18.4. The van der Waals surface area contributed by atoms with E-state index in [1.54, 1.807) is 30.3 Å². The quantitative estimate of drug-likeness (QED) is 0.489. The first-order chi connectivity index (χ1) is 12.8. The molecular formula is C17H14N2O6S2. The van der Waals surface area contributed by atoms with E-state index in [9.17, 15) is 22.3 Å². The van der Waals surface area contributed by atoms with Gasteiger partial charge in [0, 0.05) is 5.39 Å². The molecule has 0 amide bonds. The Kier molecular flexibility index (Phi) is 5.33. The molecule has 3 aromatic rings. The van der Waals surface area contributed by atoms with E-state index < -0.39 is 26.1 Å². The minimum atomic E-state index is -4.72. The molecule has 140 valence electrons. The zero-order valence-corrected chi connectivity index (χ0v) is 15.6. The van der Waals surface area contributed by atoms with Crippen molar-refractivity contribution in [2.24, 2.45) is 10.2 Å². The number of nitrogens with zero attached hydrogens (tertiary/aromatic N) is 2. The van der Waals surface area contributed by atoms with Gasteiger partial charge in [0.2, 0.25) is 0 Å². The van der Waals surface area contributed by atoms with Crippen molar-refractivity contribution in [2.75, 3.05) is 7.11 Å². The number of rotatable bonds is 5. The molecular weight excluding hydrogens is 392 g/mol. The minimum Gasteiger partial charge on any atom is -0.506 e. The van der Waals surface area contributed by atoms with Crippen molar-refractivity contribution in [1.29, 1.82) is 0 Å². The molecule has 0 spiro atoms. The Bertz CT molecular complexity index is 1160. The van der Waals surface area contributed by atoms with Crippen molar-refractivity contribution in [2.45, 2.75) is 9.79 Å². The van der Waals surface area contributed by atoms with Gasteiger partial charge in [0.15, 0.2) is 11.1 Å². The molecule has 8 nitrogen and oxygen atoms in total. The molecule has 0 heterocycles. The zero-order valence-electron chi connectivity index (χ0n) is 13.9. The second kappa shape index (κ2) is 7.53. The molecule has 0 saturated heterocycles. The van der Waals surface area contributed by atoms with Crippen molar-refractivity contribution >= 4 is 43.3 Å². The highest BCUT2D eigenvalue weighted by molar-refractivity contribution is 7.86. The lowest BCUT2D eigenvalue weighted by molar-refractivity contribution is 0.445. The average Bonchev–Trinajstić information content (AvgIpc) is 2.65. The number of benzene rings is 3. The zero-order chi connectivity index (χ0) is 19.6. The van der Waals surface area contributed by atoms with Gasteiger partial charge in [-0.25, -0.2) is 4.21 Å². The van der Waals surface area contributed by atoms with Crippen molar-refractivity contribution in [1.82, 2.24) is 0 Å². The number of hydrogen-bond donors (Lipinski definition) is 2. The summed E-state index contributed by atoms with van der Waals surface area (Å²) >= 11 is -1.93. The summed E-state index contributed by atoms with van der Waals surface area (Å²) in [5.74, 6) is -0.326. The maximum absolute atomic E-state index is 11.9. The Morgan fingerprint density at radius 1 is 1.04 bits per heavy atom. The van der Waals surface area contributed by atoms with E-state index in [0.29, 0.717) is 5.69 Å². The molecule has 0 aliphatic heterocycles. The topological polar surface area (TPSA) is 126 Å². The first kappa shape index (κ1) is 19.1. The molecule has 10 heteroatoms. The monoisotopic (exact) mass is 406 g/mol. The summed E-state index contributed by atoms with van der Waals surface area (Å²) < 4.78 is 50.1. The lowest BCUT2D eigenvalue weighted by Crippen LogP contribution is -2.02. The Hall–Kier alpha value is -2.66. The number of phenols is 1. The van der Waals surface area contributed by atoms with E-state index in [1.807, 2.05) is 0 Å². The number of hydrogen-bond acceptors (Lipinski definition) is 7. The van der Waals surface area contributed by atoms with Crippen LogP contribution in [0.5, 0.6) is 5.75 Å². The van der Waals surface area contributed by atoms with Crippen LogP contribution in [0, 0.1) is 0 Å². The van der Waals surface area contributed by atoms with Gasteiger partial charge < -0.3 is 5.11 Å². The van der Waals surface area contributed by atoms with Crippen molar-refractivity contribution in [3.8, 4) is 5.75 Å². The van der Waals surface area contributed by atoms with E-state index >= 15 is 0 Å². The van der Waals surface area contributed by atoms with Crippen LogP contribution in [0.3, 0.4) is 0 Å². The predicted molar refractivity (Wildman–Crippen MR) is 99.5 cm³/mol. The van der Waals surface area contributed by atoms with Gasteiger partial charge >= 0.3 is 0 Å². The molecule has 1 atom stereocenters. The minimum absolute atomic E-state index is 0.0364. The molecule has 0 aliphatic carbocycles. The maximum Gasteiger partial charge on any atom is 0.295 e. The lowest BCUT2D eigenvalue weighted by Gasteiger charge is -2.10. The number of azo groups is 1. The van der Waals surface area contributed by atoms with Gasteiger partial charge in [-0.05, 0) is 35.7 Å². The summed E-state index contributed by atoms with van der Waals surface area (Å²) in [6, 6.07) is 13.8. The first-order valence-electron chi connectivity index (χ1n) is 7.51. The van der Waals surface area contributed by atoms with Crippen LogP contribution in [0.1, 0.15) is 0 Å². The first-order valence-corrected chi connectivity index (χ1v) is 10.0. The maximum atomic E-state index is 11.9. The van der Waals surface area contributed by atoms with Gasteiger partial charge in [-0.2, -0.15) is 13.5 Å². The highest BCUT2D eigenvalue weighted by Gasteiger charge is 2.22. The summed E-state index contributed by atoms with van der Waals surface area (Å²) in [4.78, 5) is -0.521. The Morgan fingerprint density at radius 2 is 1.74 bits per heavy atom. The Labute approximate surface area is 157 Å². The second-order valence-corrected chi connectivity index (χ2v) is 8.03. The van der Waals surface area contributed by atoms with Crippen LogP contribution in [0.25, 0.3) is 10.8 Å². The molecule has 2 N–H and O–H groups in total. The van der Waals surface area contributed by atoms with E-state index in [-0.39, 0.29) is 27.1 Å². The van der Waals surface area contributed by atoms with Crippen molar-refractivity contribution in [3.05, 3.63) is 54.6 Å². The van der Waals surface area contributed by atoms with Crippen LogP contribution >= 0.6 is 0 Å². The van der Waals surface area contributed by atoms with Gasteiger partial charge in [-0.15, -0.1) is 5.11 Å². The van der Waals surface area contributed by atoms with Crippen molar-refractivity contribution < 1.29 is 26.5 Å². The van der Waals surface area contributed by atoms with Gasteiger partial charge in [-0.1, -0.05) is 24.3 Å². The average molecular weight is 406 g/mol. The normalized spacial score (nSPS) is 13.3. The summed E-state index contributed by atoms with van der Waals surface area (Å²) in [7, 11) is -3.52. The third-order valence-electron chi connectivity index (χ3n) is 3.65. The van der Waals surface area contributed by atoms with Crippen LogP contribution in [0.15, 0.2) is 74.6 Å². The van der Waals surface area contributed by atoms with Crippen LogP contribution in [0.2, 0.25) is 0 Å². The predicted octanol–water partition coefficient (Wildman–Crippen LogP) is 3.88. The van der Waals surface area contributed by atoms with Gasteiger partial charge in [0.1, 0.15) is 16.3 Å². The molecule has 1 unspecified atom stereocenters. The summed E-state index contributed by atoms with van der Waals surface area (Å²) in [5.41, 5.74) is 0.346. The van der Waals surface area contributed by atoms with Crippen LogP contribution < -0.4 is 0 Å². The van der Waals surface area contributed by atoms with E-state index in [2.05, 4.69) is 10.2 Å². The largest absolute Gasteiger partial charge is 0.506 e. The van der Waals surface area contributed by atoms with E-state index in [0.717, 1.165) is 6.07 Å². The summed E-state index contributed by atoms with van der Waals surface area (Å²) in [6.45, 7) is 0. The fourth-order valence-corrected chi connectivity index (χ4v) is 3.92. The second-order valence-electron chi connectivity index (χ2n) is 5.36. The van der Waals surface area contributed by atoms with E-state index in [1.165, 1.54) is 25.3 Å². The number of phenolic OH excluding ortho intramolecular Hbond substituents is 1. The van der Waals surface area contributed by atoms with Gasteiger partial charge in [-0.3, -0.25) is 8.74 Å². The van der Waals surface area contributed by atoms with Crippen LogP contribution in [-0.2, 0) is 25.4 Å². The summed E-state index contributed by atoms with van der Waals surface area (Å²) in [6.07, 6.45) is 0. The molecule has 0 aliphatic rings. The van der Waals surface area contributed by atoms with Gasteiger partial charge in [0.25, 0.3) is 10.1 Å². The van der Waals surface area contributed by atoms with Crippen molar-refractivity contribution in [3.63, 3.8) is 0 Å². The smallest absolute Gasteiger partial charge is 0.295 e. The lowest BCUT2D eigenvalue weighted by atomic mass is 10.1. The molecule has 0 aromatic heterocycles. The molecule has 3 rings (SSSR count). The molecule has 27 heavy (non-hydrogen) atoms.